The average molecular weight is 337 g/mol. The monoisotopic (exact) mass is 336 g/mol. The Bertz CT molecular complexity index is 519. The van der Waals surface area contributed by atoms with Gasteiger partial charge in [-0.2, -0.15) is 0 Å². The number of hydrogen-bond donors (Lipinski definition) is 1. The highest BCUT2D eigenvalue weighted by Gasteiger charge is 2.21. The Hall–Kier alpha value is -0.840. The quantitative estimate of drug-likeness (QED) is 0.821. The number of pyridine rings is 1. The van der Waals surface area contributed by atoms with Crippen molar-refractivity contribution in [3.05, 3.63) is 58.8 Å². The van der Waals surface area contributed by atoms with Crippen molar-refractivity contribution in [3.63, 3.8) is 0 Å². The predicted molar refractivity (Wildman–Crippen MR) is 85.2 cm³/mol. The molecule has 0 aliphatic rings. The molecule has 4 heteroatoms. The Labute approximate surface area is 126 Å². The van der Waals surface area contributed by atoms with Crippen molar-refractivity contribution in [1.29, 1.82) is 0 Å². The van der Waals surface area contributed by atoms with Gasteiger partial charge in [0, 0.05) is 21.6 Å². The van der Waals surface area contributed by atoms with Gasteiger partial charge in [-0.3, -0.25) is 4.98 Å². The first-order chi connectivity index (χ1) is 9.22. The van der Waals surface area contributed by atoms with Crippen molar-refractivity contribution < 1.29 is 0 Å². The summed E-state index contributed by atoms with van der Waals surface area (Å²) in [7, 11) is 0. The van der Waals surface area contributed by atoms with E-state index in [0.29, 0.717) is 0 Å². The van der Waals surface area contributed by atoms with Gasteiger partial charge < -0.3 is 5.73 Å². The zero-order valence-electron chi connectivity index (χ0n) is 10.8. The van der Waals surface area contributed by atoms with Crippen LogP contribution in [0.4, 0.5) is 0 Å². The second-order valence-electron chi connectivity index (χ2n) is 4.30. The standard InChI is InChI=1S/C15H17BrN2S/c1-2-12(17)15(13-8-5-6-10-18-13)19-14-9-4-3-7-11(14)16/h3-10,12,15H,2,17H2,1H3. The number of hydrogen-bond acceptors (Lipinski definition) is 3. The van der Waals surface area contributed by atoms with E-state index in [0.717, 1.165) is 16.6 Å². The number of nitrogens with zero attached hydrogens (tertiary/aromatic N) is 1. The first kappa shape index (κ1) is 14.6. The van der Waals surface area contributed by atoms with Crippen LogP contribution in [0.1, 0.15) is 24.3 Å². The van der Waals surface area contributed by atoms with Crippen LogP contribution in [0.25, 0.3) is 0 Å². The van der Waals surface area contributed by atoms with Gasteiger partial charge in [0.25, 0.3) is 0 Å². The second kappa shape index (κ2) is 7.08. The van der Waals surface area contributed by atoms with Crippen molar-refractivity contribution in [2.24, 2.45) is 5.73 Å². The molecular formula is C15H17BrN2S. The van der Waals surface area contributed by atoms with Crippen LogP contribution in [0.5, 0.6) is 0 Å². The summed E-state index contributed by atoms with van der Waals surface area (Å²) in [5.41, 5.74) is 7.31. The van der Waals surface area contributed by atoms with Crippen molar-refractivity contribution >= 4 is 27.7 Å². The van der Waals surface area contributed by atoms with E-state index in [1.54, 1.807) is 11.8 Å². The maximum absolute atomic E-state index is 6.27. The summed E-state index contributed by atoms with van der Waals surface area (Å²) >= 11 is 5.35. The topological polar surface area (TPSA) is 38.9 Å². The summed E-state index contributed by atoms with van der Waals surface area (Å²) in [5, 5.41) is 0.171. The molecule has 2 atom stereocenters. The van der Waals surface area contributed by atoms with Crippen molar-refractivity contribution in [2.45, 2.75) is 29.5 Å². The Morgan fingerprint density at radius 2 is 1.95 bits per heavy atom. The molecule has 19 heavy (non-hydrogen) atoms. The van der Waals surface area contributed by atoms with Gasteiger partial charge in [0.1, 0.15) is 0 Å². The highest BCUT2D eigenvalue weighted by atomic mass is 79.9. The maximum atomic E-state index is 6.27. The third kappa shape index (κ3) is 3.81. The molecule has 1 aromatic heterocycles. The van der Waals surface area contributed by atoms with Crippen LogP contribution in [-0.4, -0.2) is 11.0 Å². The summed E-state index contributed by atoms with van der Waals surface area (Å²) in [6.45, 7) is 2.11. The fraction of sp³-hybridized carbons (Fsp3) is 0.267. The Kier molecular flexibility index (Phi) is 5.43. The van der Waals surface area contributed by atoms with Crippen molar-refractivity contribution in [3.8, 4) is 0 Å². The SMILES string of the molecule is CCC(N)C(Sc1ccccc1Br)c1ccccn1. The molecule has 0 saturated heterocycles. The lowest BCUT2D eigenvalue weighted by atomic mass is 10.1. The normalized spacial score (nSPS) is 14.1. The summed E-state index contributed by atoms with van der Waals surface area (Å²) in [5.74, 6) is 0. The van der Waals surface area contributed by atoms with E-state index in [-0.39, 0.29) is 11.3 Å². The molecule has 2 aromatic rings. The van der Waals surface area contributed by atoms with Gasteiger partial charge in [-0.15, -0.1) is 11.8 Å². The minimum Gasteiger partial charge on any atom is -0.326 e. The van der Waals surface area contributed by atoms with E-state index >= 15 is 0 Å². The minimum absolute atomic E-state index is 0.0898. The van der Waals surface area contributed by atoms with Gasteiger partial charge in [0.15, 0.2) is 0 Å². The minimum atomic E-state index is 0.0898. The summed E-state index contributed by atoms with van der Waals surface area (Å²) in [4.78, 5) is 5.65. The zero-order valence-corrected chi connectivity index (χ0v) is 13.2. The smallest absolute Gasteiger partial charge is 0.0668 e. The third-order valence-electron chi connectivity index (χ3n) is 2.93. The van der Waals surface area contributed by atoms with Gasteiger partial charge in [-0.1, -0.05) is 25.1 Å². The number of benzene rings is 1. The molecule has 1 aromatic carbocycles. The highest BCUT2D eigenvalue weighted by Crippen LogP contribution is 2.40. The van der Waals surface area contributed by atoms with E-state index in [2.05, 4.69) is 40.0 Å². The second-order valence-corrected chi connectivity index (χ2v) is 6.33. The van der Waals surface area contributed by atoms with Gasteiger partial charge >= 0.3 is 0 Å². The number of halogens is 1. The van der Waals surface area contributed by atoms with E-state index in [1.165, 1.54) is 4.90 Å². The lowest BCUT2D eigenvalue weighted by molar-refractivity contribution is 0.624. The summed E-state index contributed by atoms with van der Waals surface area (Å²) < 4.78 is 1.10. The van der Waals surface area contributed by atoms with Crippen LogP contribution in [0, 0.1) is 0 Å². The molecule has 0 bridgehead atoms. The van der Waals surface area contributed by atoms with Crippen LogP contribution in [-0.2, 0) is 0 Å². The first-order valence-corrected chi connectivity index (χ1v) is 7.97. The van der Waals surface area contributed by atoms with Gasteiger partial charge in [-0.05, 0) is 46.6 Å². The lowest BCUT2D eigenvalue weighted by Gasteiger charge is -2.22. The molecule has 0 spiro atoms. The van der Waals surface area contributed by atoms with Crippen LogP contribution < -0.4 is 5.73 Å². The highest BCUT2D eigenvalue weighted by molar-refractivity contribution is 9.10. The Morgan fingerprint density at radius 3 is 2.58 bits per heavy atom. The molecule has 100 valence electrons. The number of thioether (sulfide) groups is 1. The van der Waals surface area contributed by atoms with Crippen LogP contribution in [0.2, 0.25) is 0 Å². The molecule has 2 rings (SSSR count). The number of aromatic nitrogens is 1. The Morgan fingerprint density at radius 1 is 1.21 bits per heavy atom. The number of nitrogens with two attached hydrogens (primary N) is 1. The molecule has 0 aliphatic heterocycles. The van der Waals surface area contributed by atoms with E-state index in [9.17, 15) is 0 Å². The van der Waals surface area contributed by atoms with Crippen molar-refractivity contribution in [1.82, 2.24) is 4.98 Å². The van der Waals surface area contributed by atoms with Crippen LogP contribution >= 0.6 is 27.7 Å². The zero-order chi connectivity index (χ0) is 13.7. The fourth-order valence-corrected chi connectivity index (χ4v) is 3.61. The summed E-state index contributed by atoms with van der Waals surface area (Å²) in [6, 6.07) is 14.3. The molecule has 0 fully saturated rings. The maximum Gasteiger partial charge on any atom is 0.0668 e. The number of rotatable bonds is 5. The lowest BCUT2D eigenvalue weighted by Crippen LogP contribution is -2.26. The molecule has 2 N–H and O–H groups in total. The molecule has 0 aliphatic carbocycles. The van der Waals surface area contributed by atoms with Crippen LogP contribution in [0.15, 0.2) is 58.0 Å². The fourth-order valence-electron chi connectivity index (χ4n) is 1.80. The van der Waals surface area contributed by atoms with E-state index in [4.69, 9.17) is 5.73 Å². The van der Waals surface area contributed by atoms with Gasteiger partial charge in [-0.25, -0.2) is 0 Å². The van der Waals surface area contributed by atoms with Crippen LogP contribution in [0.3, 0.4) is 0 Å². The third-order valence-corrected chi connectivity index (χ3v) is 5.34. The largest absolute Gasteiger partial charge is 0.326 e. The first-order valence-electron chi connectivity index (χ1n) is 6.30. The van der Waals surface area contributed by atoms with Gasteiger partial charge in [0.2, 0.25) is 0 Å². The molecule has 0 radical (unpaired) electrons. The van der Waals surface area contributed by atoms with E-state index < -0.39 is 0 Å². The molecule has 2 unspecified atom stereocenters. The molecule has 0 saturated carbocycles. The van der Waals surface area contributed by atoms with Gasteiger partial charge in [0.05, 0.1) is 10.9 Å². The average Bonchev–Trinajstić information content (AvgIpc) is 2.46. The predicted octanol–water partition coefficient (Wildman–Crippen LogP) is 4.41. The van der Waals surface area contributed by atoms with Crippen molar-refractivity contribution in [2.75, 3.05) is 0 Å². The molecule has 2 nitrogen and oxygen atoms in total. The van der Waals surface area contributed by atoms with E-state index in [1.807, 2.05) is 36.5 Å². The Balaban J connectivity index is 2.27. The summed E-state index contributed by atoms with van der Waals surface area (Å²) in [6.07, 6.45) is 2.75. The molecule has 1 heterocycles. The molecular weight excluding hydrogens is 320 g/mol. The molecule has 0 amide bonds.